The van der Waals surface area contributed by atoms with Gasteiger partial charge in [0.2, 0.25) is 0 Å². The van der Waals surface area contributed by atoms with E-state index in [9.17, 15) is 5.11 Å². The molecule has 2 fully saturated rings. The van der Waals surface area contributed by atoms with Crippen molar-refractivity contribution in [3.63, 3.8) is 0 Å². The van der Waals surface area contributed by atoms with Crippen LogP contribution < -0.4 is 0 Å². The largest absolute Gasteiger partial charge is 0.380 e. The number of terminal acetylenes is 1. The van der Waals surface area contributed by atoms with Crippen LogP contribution in [-0.4, -0.2) is 11.2 Å². The van der Waals surface area contributed by atoms with Crippen LogP contribution in [0, 0.1) is 30.1 Å². The average molecular weight is 164 g/mol. The third kappa shape index (κ3) is 1.36. The SMILES string of the molecule is C#CC(O)CC1CC2CCC1C2. The molecule has 2 aliphatic rings. The summed E-state index contributed by atoms with van der Waals surface area (Å²) >= 11 is 0. The molecule has 2 saturated carbocycles. The van der Waals surface area contributed by atoms with Crippen molar-refractivity contribution in [2.75, 3.05) is 0 Å². The lowest BCUT2D eigenvalue weighted by Gasteiger charge is -2.22. The van der Waals surface area contributed by atoms with E-state index in [1.807, 2.05) is 0 Å². The number of fused-ring (bicyclic) bond motifs is 2. The molecule has 1 heteroatoms. The Kier molecular flexibility index (Phi) is 2.11. The van der Waals surface area contributed by atoms with Crippen molar-refractivity contribution in [3.05, 3.63) is 0 Å². The zero-order valence-corrected chi connectivity index (χ0v) is 7.37. The van der Waals surface area contributed by atoms with Gasteiger partial charge in [-0.25, -0.2) is 0 Å². The van der Waals surface area contributed by atoms with Gasteiger partial charge in [0.1, 0.15) is 6.10 Å². The fraction of sp³-hybridized carbons (Fsp3) is 0.818. The molecule has 0 spiro atoms. The Bertz CT molecular complexity index is 204. The lowest BCUT2D eigenvalue weighted by molar-refractivity contribution is 0.170. The summed E-state index contributed by atoms with van der Waals surface area (Å²) in [6, 6.07) is 0. The maximum absolute atomic E-state index is 9.31. The number of hydrogen-bond acceptors (Lipinski definition) is 1. The second-order valence-electron chi connectivity index (χ2n) is 4.35. The van der Waals surface area contributed by atoms with Gasteiger partial charge in [-0.15, -0.1) is 6.42 Å². The van der Waals surface area contributed by atoms with E-state index < -0.39 is 6.10 Å². The van der Waals surface area contributed by atoms with Gasteiger partial charge < -0.3 is 5.11 Å². The molecule has 0 aromatic carbocycles. The first-order chi connectivity index (χ1) is 5.79. The van der Waals surface area contributed by atoms with E-state index in [1.165, 1.54) is 25.7 Å². The Morgan fingerprint density at radius 1 is 1.42 bits per heavy atom. The van der Waals surface area contributed by atoms with Gasteiger partial charge in [0.25, 0.3) is 0 Å². The average Bonchev–Trinajstić information content (AvgIpc) is 2.64. The molecule has 2 rings (SSSR count). The molecule has 4 atom stereocenters. The summed E-state index contributed by atoms with van der Waals surface area (Å²) in [4.78, 5) is 0. The summed E-state index contributed by atoms with van der Waals surface area (Å²) < 4.78 is 0. The van der Waals surface area contributed by atoms with Crippen LogP contribution in [0.4, 0.5) is 0 Å². The Hall–Kier alpha value is -0.480. The molecule has 0 aliphatic heterocycles. The van der Waals surface area contributed by atoms with E-state index >= 15 is 0 Å². The van der Waals surface area contributed by atoms with Crippen LogP contribution in [0.25, 0.3) is 0 Å². The minimum Gasteiger partial charge on any atom is -0.380 e. The first kappa shape index (κ1) is 8.13. The van der Waals surface area contributed by atoms with Crippen LogP contribution in [0.5, 0.6) is 0 Å². The smallest absolute Gasteiger partial charge is 0.114 e. The summed E-state index contributed by atoms with van der Waals surface area (Å²) in [5, 5.41) is 9.31. The van der Waals surface area contributed by atoms with Crippen LogP contribution in [0.15, 0.2) is 0 Å². The van der Waals surface area contributed by atoms with Gasteiger partial charge in [-0.1, -0.05) is 12.3 Å². The monoisotopic (exact) mass is 164 g/mol. The number of hydrogen-bond donors (Lipinski definition) is 1. The van der Waals surface area contributed by atoms with Crippen molar-refractivity contribution >= 4 is 0 Å². The van der Waals surface area contributed by atoms with Crippen LogP contribution in [0.2, 0.25) is 0 Å². The summed E-state index contributed by atoms with van der Waals surface area (Å²) in [6.07, 6.45) is 11.0. The van der Waals surface area contributed by atoms with Crippen LogP contribution in [0.1, 0.15) is 32.1 Å². The third-order valence-corrected chi connectivity index (χ3v) is 3.60. The molecule has 0 radical (unpaired) electrons. The highest BCUT2D eigenvalue weighted by molar-refractivity contribution is 4.98. The quantitative estimate of drug-likeness (QED) is 0.617. The highest BCUT2D eigenvalue weighted by atomic mass is 16.3. The molecule has 1 N–H and O–H groups in total. The predicted molar refractivity (Wildman–Crippen MR) is 48.4 cm³/mol. The highest BCUT2D eigenvalue weighted by Crippen LogP contribution is 2.49. The minimum atomic E-state index is -0.491. The molecular weight excluding hydrogens is 148 g/mol. The van der Waals surface area contributed by atoms with Crippen molar-refractivity contribution in [2.45, 2.75) is 38.2 Å². The summed E-state index contributed by atoms with van der Waals surface area (Å²) in [5.74, 6) is 4.99. The van der Waals surface area contributed by atoms with Crippen molar-refractivity contribution in [1.29, 1.82) is 0 Å². The lowest BCUT2D eigenvalue weighted by Crippen LogP contribution is -2.17. The number of rotatable bonds is 2. The van der Waals surface area contributed by atoms with Gasteiger partial charge >= 0.3 is 0 Å². The molecule has 0 amide bonds. The molecule has 0 heterocycles. The fourth-order valence-electron chi connectivity index (χ4n) is 3.02. The van der Waals surface area contributed by atoms with Crippen molar-refractivity contribution in [2.24, 2.45) is 17.8 Å². The molecule has 4 unspecified atom stereocenters. The Morgan fingerprint density at radius 2 is 2.25 bits per heavy atom. The van der Waals surface area contributed by atoms with E-state index in [0.717, 1.165) is 24.2 Å². The van der Waals surface area contributed by atoms with Crippen molar-refractivity contribution < 1.29 is 5.11 Å². The predicted octanol–water partition coefficient (Wildman–Crippen LogP) is 1.81. The third-order valence-electron chi connectivity index (χ3n) is 3.60. The Morgan fingerprint density at radius 3 is 2.75 bits per heavy atom. The summed E-state index contributed by atoms with van der Waals surface area (Å²) in [5.41, 5.74) is 0. The zero-order valence-electron chi connectivity index (χ0n) is 7.37. The van der Waals surface area contributed by atoms with Crippen molar-refractivity contribution in [3.8, 4) is 12.3 Å². The summed E-state index contributed by atoms with van der Waals surface area (Å²) in [7, 11) is 0. The lowest BCUT2D eigenvalue weighted by atomic mass is 9.85. The van der Waals surface area contributed by atoms with Crippen molar-refractivity contribution in [1.82, 2.24) is 0 Å². The maximum Gasteiger partial charge on any atom is 0.114 e. The van der Waals surface area contributed by atoms with Gasteiger partial charge in [-0.2, -0.15) is 0 Å². The van der Waals surface area contributed by atoms with Gasteiger partial charge in [0.05, 0.1) is 0 Å². The topological polar surface area (TPSA) is 20.2 Å². The molecule has 66 valence electrons. The number of aliphatic hydroxyl groups is 1. The van der Waals surface area contributed by atoms with E-state index in [2.05, 4.69) is 5.92 Å². The number of aliphatic hydroxyl groups excluding tert-OH is 1. The highest BCUT2D eigenvalue weighted by Gasteiger charge is 2.39. The van der Waals surface area contributed by atoms with Crippen LogP contribution in [0.3, 0.4) is 0 Å². The summed E-state index contributed by atoms with van der Waals surface area (Å²) in [6.45, 7) is 0. The first-order valence-electron chi connectivity index (χ1n) is 4.93. The minimum absolute atomic E-state index is 0.491. The molecule has 2 aliphatic carbocycles. The molecule has 0 aromatic rings. The van der Waals surface area contributed by atoms with E-state index in [-0.39, 0.29) is 0 Å². The molecular formula is C11H16O. The van der Waals surface area contributed by atoms with E-state index in [4.69, 9.17) is 6.42 Å². The van der Waals surface area contributed by atoms with Crippen LogP contribution in [-0.2, 0) is 0 Å². The van der Waals surface area contributed by atoms with E-state index in [1.54, 1.807) is 0 Å². The molecule has 0 aromatic heterocycles. The molecule has 2 bridgehead atoms. The first-order valence-corrected chi connectivity index (χ1v) is 4.93. The molecule has 1 nitrogen and oxygen atoms in total. The maximum atomic E-state index is 9.31. The Labute approximate surface area is 74.2 Å². The molecule has 12 heavy (non-hydrogen) atoms. The Balaban J connectivity index is 1.87. The molecule has 0 saturated heterocycles. The van der Waals surface area contributed by atoms with E-state index in [0.29, 0.717) is 0 Å². The van der Waals surface area contributed by atoms with Gasteiger partial charge in [0, 0.05) is 0 Å². The standard InChI is InChI=1S/C11H16O/c1-2-11(12)7-10-6-8-3-4-9(10)5-8/h1,8-12H,3-7H2. The van der Waals surface area contributed by atoms with Gasteiger partial charge in [0.15, 0.2) is 0 Å². The fourth-order valence-corrected chi connectivity index (χ4v) is 3.02. The second kappa shape index (κ2) is 3.11. The normalized spacial score (nSPS) is 41.2. The second-order valence-corrected chi connectivity index (χ2v) is 4.35. The zero-order chi connectivity index (χ0) is 8.55. The van der Waals surface area contributed by atoms with Gasteiger partial charge in [-0.05, 0) is 43.4 Å². The van der Waals surface area contributed by atoms with Crippen LogP contribution >= 0.6 is 0 Å². The van der Waals surface area contributed by atoms with Gasteiger partial charge in [-0.3, -0.25) is 0 Å².